The fourth-order valence-electron chi connectivity index (χ4n) is 2.05. The second-order valence-electron chi connectivity index (χ2n) is 5.38. The van der Waals surface area contributed by atoms with Crippen LogP contribution in [0.2, 0.25) is 0 Å². The van der Waals surface area contributed by atoms with E-state index in [1.807, 2.05) is 19.9 Å². The molecule has 0 fully saturated rings. The van der Waals surface area contributed by atoms with E-state index in [4.69, 9.17) is 10.5 Å². The third kappa shape index (κ3) is 5.90. The fourth-order valence-corrected chi connectivity index (χ4v) is 2.05. The minimum Gasteiger partial charge on any atom is -0.493 e. The lowest BCUT2D eigenvalue weighted by atomic mass is 10.2. The van der Waals surface area contributed by atoms with Gasteiger partial charge in [-0.25, -0.2) is 0 Å². The second kappa shape index (κ2) is 9.84. The number of ether oxygens (including phenoxy) is 1. The molecular formula is C17H27N3O3. The number of nitrogens with one attached hydrogen (secondary N) is 1. The summed E-state index contributed by atoms with van der Waals surface area (Å²) in [7, 11) is 1.75. The molecule has 0 aliphatic carbocycles. The molecule has 0 bridgehead atoms. The Morgan fingerprint density at radius 3 is 2.70 bits per heavy atom. The van der Waals surface area contributed by atoms with E-state index in [9.17, 15) is 9.59 Å². The van der Waals surface area contributed by atoms with Crippen LogP contribution in [0.15, 0.2) is 24.3 Å². The van der Waals surface area contributed by atoms with Gasteiger partial charge in [-0.3, -0.25) is 9.59 Å². The standard InChI is InChI=1S/C17H27N3O3/c1-4-23-15-9-6-5-8-14(15)17(22)19-11-7-10-16(21)20(3)13(2)12-18/h5-6,8-9,13H,4,7,10-12,18H2,1-3H3,(H,19,22). The molecule has 6 heteroatoms. The number of nitrogens with zero attached hydrogens (tertiary/aromatic N) is 1. The van der Waals surface area contributed by atoms with E-state index in [0.717, 1.165) is 0 Å². The predicted molar refractivity (Wildman–Crippen MR) is 90.5 cm³/mol. The van der Waals surface area contributed by atoms with E-state index in [0.29, 0.717) is 43.9 Å². The molecule has 0 heterocycles. The van der Waals surface area contributed by atoms with Crippen LogP contribution in [-0.4, -0.2) is 49.5 Å². The molecule has 0 saturated carbocycles. The topological polar surface area (TPSA) is 84.7 Å². The molecule has 1 rings (SSSR count). The maximum atomic E-state index is 12.2. The summed E-state index contributed by atoms with van der Waals surface area (Å²) in [6.07, 6.45) is 0.969. The van der Waals surface area contributed by atoms with Crippen LogP contribution in [0, 0.1) is 0 Å². The van der Waals surface area contributed by atoms with Gasteiger partial charge in [0, 0.05) is 32.6 Å². The molecular weight excluding hydrogens is 294 g/mol. The lowest BCUT2D eigenvalue weighted by Crippen LogP contribution is -2.39. The summed E-state index contributed by atoms with van der Waals surface area (Å²) < 4.78 is 5.44. The van der Waals surface area contributed by atoms with Gasteiger partial charge in [0.2, 0.25) is 5.91 Å². The van der Waals surface area contributed by atoms with Crippen LogP contribution in [0.5, 0.6) is 5.75 Å². The molecule has 0 radical (unpaired) electrons. The Bertz CT molecular complexity index is 520. The van der Waals surface area contributed by atoms with E-state index in [1.54, 1.807) is 30.1 Å². The van der Waals surface area contributed by atoms with Crippen molar-refractivity contribution in [2.45, 2.75) is 32.7 Å². The van der Waals surface area contributed by atoms with Gasteiger partial charge in [-0.2, -0.15) is 0 Å². The maximum absolute atomic E-state index is 12.2. The number of carbonyl (C=O) groups excluding carboxylic acids is 2. The normalized spacial score (nSPS) is 11.7. The van der Waals surface area contributed by atoms with Gasteiger partial charge in [-0.05, 0) is 32.4 Å². The molecule has 3 N–H and O–H groups in total. The largest absolute Gasteiger partial charge is 0.493 e. The predicted octanol–water partition coefficient (Wildman–Crippen LogP) is 1.40. The average Bonchev–Trinajstić information content (AvgIpc) is 2.57. The zero-order valence-electron chi connectivity index (χ0n) is 14.2. The maximum Gasteiger partial charge on any atom is 0.255 e. The van der Waals surface area contributed by atoms with E-state index >= 15 is 0 Å². The average molecular weight is 321 g/mol. The Morgan fingerprint density at radius 1 is 1.35 bits per heavy atom. The SMILES string of the molecule is CCOc1ccccc1C(=O)NCCCC(=O)N(C)C(C)CN. The summed E-state index contributed by atoms with van der Waals surface area (Å²) in [6.45, 7) is 5.16. The van der Waals surface area contributed by atoms with Crippen LogP contribution >= 0.6 is 0 Å². The number of benzene rings is 1. The number of para-hydroxylation sites is 1. The van der Waals surface area contributed by atoms with E-state index < -0.39 is 0 Å². The van der Waals surface area contributed by atoms with Crippen molar-refractivity contribution in [3.05, 3.63) is 29.8 Å². The zero-order chi connectivity index (χ0) is 17.2. The Morgan fingerprint density at radius 2 is 2.04 bits per heavy atom. The highest BCUT2D eigenvalue weighted by molar-refractivity contribution is 5.96. The first kappa shape index (κ1) is 19.0. The highest BCUT2D eigenvalue weighted by atomic mass is 16.5. The Kier molecular flexibility index (Phi) is 8.11. The number of amides is 2. The Labute approximate surface area is 138 Å². The lowest BCUT2D eigenvalue weighted by molar-refractivity contribution is -0.131. The fraction of sp³-hybridized carbons (Fsp3) is 0.529. The monoisotopic (exact) mass is 321 g/mol. The van der Waals surface area contributed by atoms with Crippen LogP contribution in [-0.2, 0) is 4.79 Å². The van der Waals surface area contributed by atoms with Crippen LogP contribution in [0.25, 0.3) is 0 Å². The number of hydrogen-bond acceptors (Lipinski definition) is 4. The van der Waals surface area contributed by atoms with Crippen molar-refractivity contribution in [3.8, 4) is 5.75 Å². The Balaban J connectivity index is 2.42. The van der Waals surface area contributed by atoms with Gasteiger partial charge >= 0.3 is 0 Å². The molecule has 0 aliphatic rings. The van der Waals surface area contributed by atoms with Gasteiger partial charge in [0.25, 0.3) is 5.91 Å². The first-order valence-electron chi connectivity index (χ1n) is 7.97. The molecule has 1 atom stereocenters. The molecule has 128 valence electrons. The van der Waals surface area contributed by atoms with Crippen LogP contribution < -0.4 is 15.8 Å². The molecule has 0 aliphatic heterocycles. The van der Waals surface area contributed by atoms with Crippen LogP contribution in [0.4, 0.5) is 0 Å². The summed E-state index contributed by atoms with van der Waals surface area (Å²) in [4.78, 5) is 25.8. The summed E-state index contributed by atoms with van der Waals surface area (Å²) >= 11 is 0. The van der Waals surface area contributed by atoms with Crippen LogP contribution in [0.3, 0.4) is 0 Å². The molecule has 1 aromatic rings. The smallest absolute Gasteiger partial charge is 0.255 e. The molecule has 6 nitrogen and oxygen atoms in total. The van der Waals surface area contributed by atoms with Crippen molar-refractivity contribution < 1.29 is 14.3 Å². The van der Waals surface area contributed by atoms with Gasteiger partial charge in [0.05, 0.1) is 12.2 Å². The van der Waals surface area contributed by atoms with Crippen molar-refractivity contribution in [1.29, 1.82) is 0 Å². The number of likely N-dealkylation sites (N-methyl/N-ethyl adjacent to an activating group) is 1. The summed E-state index contributed by atoms with van der Waals surface area (Å²) in [6, 6.07) is 7.14. The van der Waals surface area contributed by atoms with Crippen molar-refractivity contribution in [3.63, 3.8) is 0 Å². The highest BCUT2D eigenvalue weighted by Gasteiger charge is 2.14. The molecule has 23 heavy (non-hydrogen) atoms. The van der Waals surface area contributed by atoms with Gasteiger partial charge < -0.3 is 20.7 Å². The first-order valence-corrected chi connectivity index (χ1v) is 7.97. The number of hydrogen-bond donors (Lipinski definition) is 2. The highest BCUT2D eigenvalue weighted by Crippen LogP contribution is 2.17. The van der Waals surface area contributed by atoms with Gasteiger partial charge in [-0.15, -0.1) is 0 Å². The van der Waals surface area contributed by atoms with Gasteiger partial charge in [0.15, 0.2) is 0 Å². The quantitative estimate of drug-likeness (QED) is 0.673. The van der Waals surface area contributed by atoms with E-state index in [-0.39, 0.29) is 17.9 Å². The zero-order valence-corrected chi connectivity index (χ0v) is 14.2. The first-order chi connectivity index (χ1) is 11.0. The molecule has 1 aromatic carbocycles. The minimum absolute atomic E-state index is 0.0233. The van der Waals surface area contributed by atoms with Crippen molar-refractivity contribution in [1.82, 2.24) is 10.2 Å². The van der Waals surface area contributed by atoms with E-state index in [2.05, 4.69) is 5.32 Å². The van der Waals surface area contributed by atoms with Crippen molar-refractivity contribution in [2.75, 3.05) is 26.7 Å². The molecule has 2 amide bonds. The number of carbonyl (C=O) groups is 2. The van der Waals surface area contributed by atoms with E-state index in [1.165, 1.54) is 0 Å². The molecule has 0 aromatic heterocycles. The number of nitrogens with two attached hydrogens (primary N) is 1. The van der Waals surface area contributed by atoms with Gasteiger partial charge in [-0.1, -0.05) is 12.1 Å². The second-order valence-corrected chi connectivity index (χ2v) is 5.38. The Hall–Kier alpha value is -2.08. The summed E-state index contributed by atoms with van der Waals surface area (Å²) in [5.41, 5.74) is 6.05. The van der Waals surface area contributed by atoms with Crippen molar-refractivity contribution in [2.24, 2.45) is 5.73 Å². The minimum atomic E-state index is -0.190. The third-order valence-corrected chi connectivity index (χ3v) is 3.68. The lowest BCUT2D eigenvalue weighted by Gasteiger charge is -2.23. The summed E-state index contributed by atoms with van der Waals surface area (Å²) in [5.74, 6) is 0.414. The van der Waals surface area contributed by atoms with Crippen LogP contribution in [0.1, 0.15) is 37.0 Å². The number of rotatable bonds is 9. The molecule has 0 saturated heterocycles. The third-order valence-electron chi connectivity index (χ3n) is 3.68. The molecule has 1 unspecified atom stereocenters. The van der Waals surface area contributed by atoms with Crippen molar-refractivity contribution >= 4 is 11.8 Å². The summed E-state index contributed by atoms with van der Waals surface area (Å²) in [5, 5.41) is 2.82. The van der Waals surface area contributed by atoms with Gasteiger partial charge in [0.1, 0.15) is 5.75 Å². The molecule has 0 spiro atoms.